The van der Waals surface area contributed by atoms with Gasteiger partial charge in [0.15, 0.2) is 0 Å². The predicted octanol–water partition coefficient (Wildman–Crippen LogP) is 1.15. The second-order valence-electron chi connectivity index (χ2n) is 5.40. The first kappa shape index (κ1) is 21.8. The summed E-state index contributed by atoms with van der Waals surface area (Å²) in [5.41, 5.74) is 6.86. The lowest BCUT2D eigenvalue weighted by molar-refractivity contribution is 0.275. The van der Waals surface area contributed by atoms with Crippen LogP contribution in [0.2, 0.25) is 0 Å². The van der Waals surface area contributed by atoms with Crippen molar-refractivity contribution in [3.8, 4) is 0 Å². The summed E-state index contributed by atoms with van der Waals surface area (Å²) < 4.78 is 8.36. The lowest BCUT2D eigenvalue weighted by Crippen LogP contribution is -2.28. The van der Waals surface area contributed by atoms with E-state index in [0.29, 0.717) is 17.6 Å². The number of benzene rings is 2. The average molecular weight is 402 g/mol. The van der Waals surface area contributed by atoms with Crippen molar-refractivity contribution in [2.75, 3.05) is 11.8 Å². The minimum atomic E-state index is -0.880. The van der Waals surface area contributed by atoms with Crippen LogP contribution in [0.3, 0.4) is 0 Å². The van der Waals surface area contributed by atoms with Gasteiger partial charge in [-0.05, 0) is 60.4 Å². The first-order valence-electron chi connectivity index (χ1n) is 8.79. The highest BCUT2D eigenvalue weighted by Gasteiger charge is 2.27. The zero-order valence-electron chi connectivity index (χ0n) is 15.9. The fraction of sp³-hybridized carbons (Fsp3) is 0.222. The van der Waals surface area contributed by atoms with E-state index in [1.54, 1.807) is 12.1 Å². The van der Waals surface area contributed by atoms with Crippen LogP contribution in [0.1, 0.15) is 19.4 Å². The maximum Gasteiger partial charge on any atom is 0.491 e. The Morgan fingerprint density at radius 3 is 2.46 bits per heavy atom. The number of nitrogens with one attached hydrogen (secondary N) is 3. The lowest BCUT2D eigenvalue weighted by Gasteiger charge is -2.08. The van der Waals surface area contributed by atoms with Crippen LogP contribution in [0.4, 0.5) is 5.69 Å². The zero-order chi connectivity index (χ0) is 20.7. The van der Waals surface area contributed by atoms with E-state index >= 15 is 0 Å². The fourth-order valence-corrected chi connectivity index (χ4v) is 3.23. The van der Waals surface area contributed by atoms with E-state index in [1.807, 2.05) is 38.1 Å². The molecule has 0 aliphatic carbocycles. The molecule has 28 heavy (non-hydrogen) atoms. The molecule has 1 aromatic heterocycles. The molecular formula is C18H23BN4O4S. The summed E-state index contributed by atoms with van der Waals surface area (Å²) in [6.07, 6.45) is 0. The Hall–Kier alpha value is -2.53. The van der Waals surface area contributed by atoms with E-state index < -0.39 is 18.2 Å². The van der Waals surface area contributed by atoms with Crippen molar-refractivity contribution in [3.05, 3.63) is 62.7 Å². The first-order chi connectivity index (χ1) is 13.6. The Balaban J connectivity index is 0.000000660. The van der Waals surface area contributed by atoms with Gasteiger partial charge < -0.3 is 30.1 Å². The van der Waals surface area contributed by atoms with Gasteiger partial charge >= 0.3 is 18.2 Å². The predicted molar refractivity (Wildman–Crippen MR) is 115 cm³/mol. The van der Waals surface area contributed by atoms with Crippen molar-refractivity contribution in [3.63, 3.8) is 0 Å². The maximum atomic E-state index is 11.4. The molecule has 0 atom stereocenters. The number of hydrogen-bond donors (Lipinski definition) is 5. The molecule has 1 aliphatic heterocycles. The number of aromatic nitrogens is 2. The standard InChI is InChI=1S/C15H12BN3O4S.C2H6.CH5N/c20-14-15(21)18-13-6-10(3-4-12(13)17-14)24-19-9-2-1-8-7-23-16(22)11(8)5-9;2*1-2/h1-6,19,22H,7H2,(H,17,20)(H,18,21);1-2H3;2H2,1H3. The molecule has 2 heterocycles. The Morgan fingerprint density at radius 1 is 1.07 bits per heavy atom. The molecule has 6 N–H and O–H groups in total. The van der Waals surface area contributed by atoms with Gasteiger partial charge in [0, 0.05) is 10.6 Å². The van der Waals surface area contributed by atoms with E-state index in [9.17, 15) is 14.6 Å². The second kappa shape index (κ2) is 10.1. The number of H-pyrrole nitrogens is 2. The normalized spacial score (nSPS) is 11.8. The molecule has 0 bridgehead atoms. The molecule has 0 radical (unpaired) electrons. The largest absolute Gasteiger partial charge is 0.491 e. The molecule has 0 saturated heterocycles. The van der Waals surface area contributed by atoms with Gasteiger partial charge in [0.25, 0.3) is 0 Å². The number of fused-ring (bicyclic) bond motifs is 2. The number of anilines is 1. The smallest absolute Gasteiger partial charge is 0.423 e. The molecule has 0 saturated carbocycles. The van der Waals surface area contributed by atoms with Crippen LogP contribution in [-0.2, 0) is 11.3 Å². The average Bonchev–Trinajstić information content (AvgIpc) is 3.11. The van der Waals surface area contributed by atoms with Gasteiger partial charge in [0.2, 0.25) is 0 Å². The van der Waals surface area contributed by atoms with Gasteiger partial charge in [0.1, 0.15) is 0 Å². The zero-order valence-corrected chi connectivity index (χ0v) is 16.7. The second-order valence-corrected chi connectivity index (χ2v) is 6.28. The topological polar surface area (TPSA) is 133 Å². The molecule has 4 rings (SSSR count). The van der Waals surface area contributed by atoms with Crippen LogP contribution in [0, 0.1) is 0 Å². The molecule has 2 aromatic carbocycles. The summed E-state index contributed by atoms with van der Waals surface area (Å²) in [7, 11) is 0.620. The van der Waals surface area contributed by atoms with Gasteiger partial charge in [-0.3, -0.25) is 9.59 Å². The summed E-state index contributed by atoms with van der Waals surface area (Å²) in [5.74, 6) is 0. The third kappa shape index (κ3) is 4.84. The summed E-state index contributed by atoms with van der Waals surface area (Å²) >= 11 is 1.36. The molecule has 10 heteroatoms. The van der Waals surface area contributed by atoms with Gasteiger partial charge in [-0.15, -0.1) is 0 Å². The minimum Gasteiger partial charge on any atom is -0.423 e. The molecular weight excluding hydrogens is 379 g/mol. The van der Waals surface area contributed by atoms with E-state index in [1.165, 1.54) is 19.0 Å². The van der Waals surface area contributed by atoms with Crippen LogP contribution in [0.25, 0.3) is 11.0 Å². The van der Waals surface area contributed by atoms with Crippen molar-refractivity contribution >= 4 is 41.2 Å². The molecule has 0 amide bonds. The van der Waals surface area contributed by atoms with E-state index in [0.717, 1.165) is 21.6 Å². The third-order valence-corrected chi connectivity index (χ3v) is 4.62. The van der Waals surface area contributed by atoms with E-state index in [2.05, 4.69) is 20.4 Å². The van der Waals surface area contributed by atoms with Crippen LogP contribution in [0.5, 0.6) is 0 Å². The van der Waals surface area contributed by atoms with Crippen LogP contribution < -0.4 is 27.0 Å². The minimum absolute atomic E-state index is 0.417. The summed E-state index contributed by atoms with van der Waals surface area (Å²) in [4.78, 5) is 28.6. The Bertz CT molecular complexity index is 1050. The van der Waals surface area contributed by atoms with Crippen LogP contribution in [0.15, 0.2) is 50.9 Å². The summed E-state index contributed by atoms with van der Waals surface area (Å²) in [5, 5.41) is 9.74. The number of nitrogens with two attached hydrogens (primary N) is 1. The molecule has 0 fully saturated rings. The Morgan fingerprint density at radius 2 is 1.75 bits per heavy atom. The number of hydrogen-bond acceptors (Lipinski definition) is 7. The third-order valence-electron chi connectivity index (χ3n) is 3.79. The quantitative estimate of drug-likeness (QED) is 0.252. The highest BCUT2D eigenvalue weighted by molar-refractivity contribution is 8.00. The molecule has 3 aromatic rings. The SMILES string of the molecule is CC.CN.O=c1[nH]c2ccc(SNc3ccc4c(c3)B(O)OC4)cc2[nH]c1=O. The van der Waals surface area contributed by atoms with Crippen molar-refractivity contribution in [2.24, 2.45) is 5.73 Å². The number of rotatable bonds is 3. The molecule has 148 valence electrons. The summed E-state index contributed by atoms with van der Waals surface area (Å²) in [6.45, 7) is 4.42. The Kier molecular flexibility index (Phi) is 7.88. The van der Waals surface area contributed by atoms with Gasteiger partial charge in [-0.1, -0.05) is 19.9 Å². The highest BCUT2D eigenvalue weighted by Crippen LogP contribution is 2.24. The summed E-state index contributed by atoms with van der Waals surface area (Å²) in [6, 6.07) is 11.0. The first-order valence-corrected chi connectivity index (χ1v) is 9.61. The van der Waals surface area contributed by atoms with Crippen LogP contribution in [-0.4, -0.2) is 29.2 Å². The molecule has 8 nitrogen and oxygen atoms in total. The molecule has 1 aliphatic rings. The van der Waals surface area contributed by atoms with Gasteiger partial charge in [0.05, 0.1) is 17.6 Å². The van der Waals surface area contributed by atoms with Crippen molar-refractivity contribution in [1.29, 1.82) is 0 Å². The van der Waals surface area contributed by atoms with Crippen molar-refractivity contribution in [1.82, 2.24) is 9.97 Å². The maximum absolute atomic E-state index is 11.4. The van der Waals surface area contributed by atoms with E-state index in [-0.39, 0.29) is 0 Å². The van der Waals surface area contributed by atoms with Gasteiger partial charge in [-0.25, -0.2) is 0 Å². The van der Waals surface area contributed by atoms with Crippen LogP contribution >= 0.6 is 11.9 Å². The fourth-order valence-electron chi connectivity index (χ4n) is 2.55. The van der Waals surface area contributed by atoms with Crippen molar-refractivity contribution in [2.45, 2.75) is 25.3 Å². The molecule has 0 spiro atoms. The Labute approximate surface area is 166 Å². The number of aromatic amines is 2. The van der Waals surface area contributed by atoms with Crippen molar-refractivity contribution < 1.29 is 9.68 Å². The lowest BCUT2D eigenvalue weighted by atomic mass is 9.79. The highest BCUT2D eigenvalue weighted by atomic mass is 32.2. The monoisotopic (exact) mass is 402 g/mol. The van der Waals surface area contributed by atoms with Gasteiger partial charge in [-0.2, -0.15) is 0 Å². The van der Waals surface area contributed by atoms with E-state index in [4.69, 9.17) is 4.65 Å². The molecule has 0 unspecified atom stereocenters.